The van der Waals surface area contributed by atoms with E-state index in [1.54, 1.807) is 6.07 Å². The number of nitrogens with one attached hydrogen (secondary N) is 1. The Morgan fingerprint density at radius 1 is 1.33 bits per heavy atom. The van der Waals surface area contributed by atoms with Crippen molar-refractivity contribution in [2.75, 3.05) is 6.54 Å². The number of hydrogen-bond donors (Lipinski definition) is 2. The van der Waals surface area contributed by atoms with Gasteiger partial charge in [0.15, 0.2) is 0 Å². The third-order valence-corrected chi connectivity index (χ3v) is 4.38. The van der Waals surface area contributed by atoms with Gasteiger partial charge in [-0.1, -0.05) is 27.7 Å². The van der Waals surface area contributed by atoms with E-state index in [2.05, 4.69) is 33.0 Å². The highest BCUT2D eigenvalue weighted by Crippen LogP contribution is 2.25. The van der Waals surface area contributed by atoms with Gasteiger partial charge in [-0.3, -0.25) is 4.79 Å². The molecule has 18 heavy (non-hydrogen) atoms. The first-order valence-corrected chi connectivity index (χ1v) is 6.67. The van der Waals surface area contributed by atoms with Gasteiger partial charge in [0.25, 0.3) is 5.91 Å². The van der Waals surface area contributed by atoms with E-state index in [0.29, 0.717) is 17.3 Å². The molecule has 0 saturated carbocycles. The highest BCUT2D eigenvalue weighted by Gasteiger charge is 2.23. The zero-order valence-corrected chi connectivity index (χ0v) is 11.9. The summed E-state index contributed by atoms with van der Waals surface area (Å²) in [6.45, 7) is 8.98. The molecule has 4 nitrogen and oxygen atoms in total. The van der Waals surface area contributed by atoms with Crippen molar-refractivity contribution >= 4 is 23.2 Å². The quantitative estimate of drug-likeness (QED) is 0.863. The molecular formula is C13H19NO3S. The van der Waals surface area contributed by atoms with Crippen molar-refractivity contribution in [2.24, 2.45) is 11.3 Å². The summed E-state index contributed by atoms with van der Waals surface area (Å²) in [7, 11) is 0. The van der Waals surface area contributed by atoms with Gasteiger partial charge in [-0.15, -0.1) is 11.3 Å². The number of hydrogen-bond acceptors (Lipinski definition) is 3. The van der Waals surface area contributed by atoms with E-state index in [1.165, 1.54) is 6.07 Å². The second kappa shape index (κ2) is 5.52. The van der Waals surface area contributed by atoms with Crippen LogP contribution >= 0.6 is 11.3 Å². The van der Waals surface area contributed by atoms with E-state index in [-0.39, 0.29) is 16.2 Å². The molecule has 1 heterocycles. The number of carboxylic acids is 1. The molecule has 0 bridgehead atoms. The van der Waals surface area contributed by atoms with Crippen molar-refractivity contribution in [1.29, 1.82) is 0 Å². The largest absolute Gasteiger partial charge is 0.477 e. The van der Waals surface area contributed by atoms with Crippen molar-refractivity contribution in [3.8, 4) is 0 Å². The third kappa shape index (κ3) is 3.57. The van der Waals surface area contributed by atoms with Gasteiger partial charge in [-0.2, -0.15) is 0 Å². The lowest BCUT2D eigenvalue weighted by Gasteiger charge is -2.29. The van der Waals surface area contributed by atoms with Crippen molar-refractivity contribution in [3.05, 3.63) is 21.9 Å². The van der Waals surface area contributed by atoms with Crippen LogP contribution in [0.2, 0.25) is 0 Å². The molecule has 0 spiro atoms. The summed E-state index contributed by atoms with van der Waals surface area (Å²) in [5.74, 6) is -0.751. The van der Waals surface area contributed by atoms with Crippen LogP contribution < -0.4 is 5.32 Å². The van der Waals surface area contributed by atoms with Crippen LogP contribution in [0.1, 0.15) is 47.0 Å². The molecule has 0 aromatic carbocycles. The fraction of sp³-hybridized carbons (Fsp3) is 0.538. The summed E-state index contributed by atoms with van der Waals surface area (Å²) in [6, 6.07) is 3.00. The fourth-order valence-corrected chi connectivity index (χ4v) is 1.94. The van der Waals surface area contributed by atoms with E-state index in [9.17, 15) is 9.59 Å². The van der Waals surface area contributed by atoms with Crippen LogP contribution in [0.4, 0.5) is 0 Å². The van der Waals surface area contributed by atoms with Crippen molar-refractivity contribution in [3.63, 3.8) is 0 Å². The molecule has 1 amide bonds. The SMILES string of the molecule is CC(C)C(C)(C)CNC(=O)c1ccc(C(=O)O)s1. The normalized spacial score (nSPS) is 11.6. The lowest BCUT2D eigenvalue weighted by Crippen LogP contribution is -2.36. The van der Waals surface area contributed by atoms with Gasteiger partial charge in [0, 0.05) is 6.54 Å². The summed E-state index contributed by atoms with van der Waals surface area (Å²) in [5.41, 5.74) is 0.0164. The summed E-state index contributed by atoms with van der Waals surface area (Å²) < 4.78 is 0. The number of carbonyl (C=O) groups excluding carboxylic acids is 1. The lowest BCUT2D eigenvalue weighted by atomic mass is 9.81. The summed E-state index contributed by atoms with van der Waals surface area (Å²) in [4.78, 5) is 23.2. The van der Waals surface area contributed by atoms with E-state index in [0.717, 1.165) is 11.3 Å². The monoisotopic (exact) mass is 269 g/mol. The minimum atomic E-state index is -0.999. The standard InChI is InChI=1S/C13H19NO3S/c1-8(2)13(3,4)7-14-11(15)9-5-6-10(18-9)12(16)17/h5-6,8H,7H2,1-4H3,(H,14,15)(H,16,17). The Morgan fingerprint density at radius 2 is 1.89 bits per heavy atom. The molecule has 100 valence electrons. The maximum atomic E-state index is 11.9. The minimum absolute atomic E-state index is 0.0164. The van der Waals surface area contributed by atoms with Crippen LogP contribution in [0.25, 0.3) is 0 Å². The van der Waals surface area contributed by atoms with Crippen LogP contribution in [-0.2, 0) is 0 Å². The van der Waals surface area contributed by atoms with Crippen molar-refractivity contribution in [2.45, 2.75) is 27.7 Å². The molecule has 5 heteroatoms. The van der Waals surface area contributed by atoms with Crippen LogP contribution in [0.5, 0.6) is 0 Å². The highest BCUT2D eigenvalue weighted by molar-refractivity contribution is 7.15. The Kier molecular flexibility index (Phi) is 4.51. The van der Waals surface area contributed by atoms with E-state index >= 15 is 0 Å². The molecule has 0 saturated heterocycles. The molecule has 1 aromatic rings. The highest BCUT2D eigenvalue weighted by atomic mass is 32.1. The number of rotatable bonds is 5. The van der Waals surface area contributed by atoms with Gasteiger partial charge in [-0.25, -0.2) is 4.79 Å². The van der Waals surface area contributed by atoms with Crippen LogP contribution in [-0.4, -0.2) is 23.5 Å². The number of carbonyl (C=O) groups is 2. The first-order valence-electron chi connectivity index (χ1n) is 5.85. The Balaban J connectivity index is 2.63. The molecule has 0 fully saturated rings. The maximum absolute atomic E-state index is 11.9. The van der Waals surface area contributed by atoms with E-state index < -0.39 is 5.97 Å². The Hall–Kier alpha value is -1.36. The predicted octanol–water partition coefficient (Wildman–Crippen LogP) is 2.86. The zero-order valence-electron chi connectivity index (χ0n) is 11.1. The first kappa shape index (κ1) is 14.7. The second-order valence-electron chi connectivity index (χ2n) is 5.30. The number of amides is 1. The topological polar surface area (TPSA) is 66.4 Å². The molecule has 1 aromatic heterocycles. The Morgan fingerprint density at radius 3 is 2.33 bits per heavy atom. The van der Waals surface area contributed by atoms with Gasteiger partial charge in [0.2, 0.25) is 0 Å². The number of thiophene rings is 1. The molecule has 1 rings (SSSR count). The number of aromatic carboxylic acids is 1. The molecule has 0 aliphatic heterocycles. The molecule has 0 atom stereocenters. The minimum Gasteiger partial charge on any atom is -0.477 e. The average molecular weight is 269 g/mol. The maximum Gasteiger partial charge on any atom is 0.345 e. The van der Waals surface area contributed by atoms with Crippen LogP contribution in [0.15, 0.2) is 12.1 Å². The molecular weight excluding hydrogens is 250 g/mol. The Labute approximate surface area is 111 Å². The van der Waals surface area contributed by atoms with Crippen LogP contribution in [0.3, 0.4) is 0 Å². The summed E-state index contributed by atoms with van der Waals surface area (Å²) >= 11 is 0.996. The average Bonchev–Trinajstić information content (AvgIpc) is 2.75. The fourth-order valence-electron chi connectivity index (χ4n) is 1.17. The van der Waals surface area contributed by atoms with Gasteiger partial charge < -0.3 is 10.4 Å². The molecule has 2 N–H and O–H groups in total. The smallest absolute Gasteiger partial charge is 0.345 e. The third-order valence-electron chi connectivity index (χ3n) is 3.31. The molecule has 0 unspecified atom stereocenters. The van der Waals surface area contributed by atoms with Gasteiger partial charge in [-0.05, 0) is 23.5 Å². The molecule has 0 radical (unpaired) electrons. The van der Waals surface area contributed by atoms with Crippen molar-refractivity contribution in [1.82, 2.24) is 5.32 Å². The van der Waals surface area contributed by atoms with Gasteiger partial charge in [0.1, 0.15) is 4.88 Å². The van der Waals surface area contributed by atoms with E-state index in [4.69, 9.17) is 5.11 Å². The summed E-state index contributed by atoms with van der Waals surface area (Å²) in [6.07, 6.45) is 0. The molecule has 0 aliphatic carbocycles. The first-order chi connectivity index (χ1) is 8.24. The predicted molar refractivity (Wildman–Crippen MR) is 72.2 cm³/mol. The lowest BCUT2D eigenvalue weighted by molar-refractivity contribution is 0.0702. The van der Waals surface area contributed by atoms with Crippen molar-refractivity contribution < 1.29 is 14.7 Å². The van der Waals surface area contributed by atoms with Gasteiger partial charge in [0.05, 0.1) is 4.88 Å². The summed E-state index contributed by atoms with van der Waals surface area (Å²) in [5, 5.41) is 11.6. The van der Waals surface area contributed by atoms with Gasteiger partial charge >= 0.3 is 5.97 Å². The second-order valence-corrected chi connectivity index (χ2v) is 6.38. The number of carboxylic acid groups (broad SMARTS) is 1. The van der Waals surface area contributed by atoms with Crippen LogP contribution in [0, 0.1) is 11.3 Å². The molecule has 0 aliphatic rings. The zero-order chi connectivity index (χ0) is 13.9. The Bertz CT molecular complexity index is 449. The van der Waals surface area contributed by atoms with E-state index in [1.807, 2.05) is 0 Å².